The van der Waals surface area contributed by atoms with E-state index in [1.165, 1.54) is 6.20 Å². The van der Waals surface area contributed by atoms with Gasteiger partial charge in [0.25, 0.3) is 0 Å². The molecule has 0 N–H and O–H groups in total. The van der Waals surface area contributed by atoms with Crippen molar-refractivity contribution in [3.8, 4) is 6.07 Å². The molecule has 0 aliphatic rings. The second-order valence-corrected chi connectivity index (χ2v) is 5.11. The highest BCUT2D eigenvalue weighted by Crippen LogP contribution is 2.18. The molecule has 0 aliphatic heterocycles. The third-order valence-corrected chi connectivity index (χ3v) is 3.80. The number of hydrogen-bond donors (Lipinski definition) is 0. The summed E-state index contributed by atoms with van der Waals surface area (Å²) in [4.78, 5) is 3.61. The van der Waals surface area contributed by atoms with Crippen molar-refractivity contribution in [1.29, 1.82) is 5.26 Å². The van der Waals surface area contributed by atoms with Crippen LogP contribution in [0.1, 0.15) is 11.3 Å². The zero-order chi connectivity index (χ0) is 13.8. The van der Waals surface area contributed by atoms with Crippen LogP contribution in [0, 0.1) is 23.0 Å². The van der Waals surface area contributed by atoms with Crippen molar-refractivity contribution < 1.29 is 13.0 Å². The van der Waals surface area contributed by atoms with Crippen LogP contribution in [0.2, 0.25) is 0 Å². The fourth-order valence-electron chi connectivity index (χ4n) is 1.53. The van der Waals surface area contributed by atoms with Crippen molar-refractivity contribution in [1.82, 2.24) is 4.98 Å². The monoisotopic (exact) mass is 278 g/mol. The topological polar surface area (TPSA) is 53.8 Å². The Hall–Kier alpha value is -2.13. The molecule has 0 aliphatic carbocycles. The van der Waals surface area contributed by atoms with Crippen LogP contribution in [-0.4, -0.2) is 9.19 Å². The minimum absolute atomic E-state index is 0.0862. The fourth-order valence-corrected chi connectivity index (χ4v) is 2.73. The van der Waals surface area contributed by atoms with Crippen LogP contribution in [0.5, 0.6) is 0 Å². The second kappa shape index (κ2) is 5.67. The van der Waals surface area contributed by atoms with Crippen LogP contribution in [0.25, 0.3) is 0 Å². The summed E-state index contributed by atoms with van der Waals surface area (Å²) in [6.07, 6.45) is 1.44. The van der Waals surface area contributed by atoms with Crippen LogP contribution in [0.4, 0.5) is 8.78 Å². The Balaban J connectivity index is 2.31. The van der Waals surface area contributed by atoms with Gasteiger partial charge in [0.05, 0.1) is 21.4 Å². The first-order valence-corrected chi connectivity index (χ1v) is 6.61. The van der Waals surface area contributed by atoms with E-state index in [1.807, 2.05) is 6.07 Å². The van der Waals surface area contributed by atoms with Crippen LogP contribution in [-0.2, 0) is 16.6 Å². The molecule has 96 valence electrons. The summed E-state index contributed by atoms with van der Waals surface area (Å²) in [6.45, 7) is 0. The minimum atomic E-state index is -1.77. The third-order valence-electron chi connectivity index (χ3n) is 2.42. The summed E-state index contributed by atoms with van der Waals surface area (Å²) < 4.78 is 38.5. The van der Waals surface area contributed by atoms with Crippen molar-refractivity contribution in [2.75, 3.05) is 0 Å². The molecule has 0 bridgehead atoms. The molecule has 0 spiro atoms. The van der Waals surface area contributed by atoms with E-state index >= 15 is 0 Å². The van der Waals surface area contributed by atoms with Crippen molar-refractivity contribution in [3.05, 3.63) is 59.4 Å². The van der Waals surface area contributed by atoms with Crippen molar-refractivity contribution in [2.45, 2.75) is 10.6 Å². The lowest BCUT2D eigenvalue weighted by molar-refractivity contribution is 0.572. The molecule has 0 saturated carbocycles. The number of aromatic nitrogens is 1. The highest BCUT2D eigenvalue weighted by Gasteiger charge is 2.14. The first-order chi connectivity index (χ1) is 9.11. The summed E-state index contributed by atoms with van der Waals surface area (Å²) in [7, 11) is -1.77. The number of halogens is 2. The average molecular weight is 278 g/mol. The van der Waals surface area contributed by atoms with E-state index in [1.54, 1.807) is 12.1 Å². The maximum absolute atomic E-state index is 13.5. The number of pyridine rings is 1. The summed E-state index contributed by atoms with van der Waals surface area (Å²) in [6, 6.07) is 7.82. The standard InChI is InChI=1S/C13H8F2N2OS/c14-10-3-4-11(15)13(6-10)19(18)8-9-2-1-5-17-12(9)7-16/h1-6H,8H2. The zero-order valence-corrected chi connectivity index (χ0v) is 10.5. The fraction of sp³-hybridized carbons (Fsp3) is 0.0769. The summed E-state index contributed by atoms with van der Waals surface area (Å²) in [5, 5.41) is 8.86. The SMILES string of the molecule is N#Cc1ncccc1CS(=O)c1cc(F)ccc1F. The maximum atomic E-state index is 13.5. The van der Waals surface area contributed by atoms with Gasteiger partial charge in [-0.1, -0.05) is 6.07 Å². The number of nitrogens with zero attached hydrogens (tertiary/aromatic N) is 2. The van der Waals surface area contributed by atoms with E-state index in [9.17, 15) is 13.0 Å². The van der Waals surface area contributed by atoms with E-state index in [4.69, 9.17) is 5.26 Å². The highest BCUT2D eigenvalue weighted by atomic mass is 32.2. The van der Waals surface area contributed by atoms with Gasteiger partial charge in [-0.25, -0.2) is 13.8 Å². The molecular weight excluding hydrogens is 270 g/mol. The molecule has 0 saturated heterocycles. The second-order valence-electron chi connectivity index (χ2n) is 3.69. The summed E-state index contributed by atoms with van der Waals surface area (Å²) in [5.74, 6) is -1.48. The molecule has 1 aromatic heterocycles. The lowest BCUT2D eigenvalue weighted by Crippen LogP contribution is -2.02. The van der Waals surface area contributed by atoms with E-state index < -0.39 is 22.4 Å². The number of benzene rings is 1. The molecular formula is C13H8F2N2OS. The molecule has 1 atom stereocenters. The molecule has 6 heteroatoms. The predicted octanol–water partition coefficient (Wildman–Crippen LogP) is 2.54. The lowest BCUT2D eigenvalue weighted by atomic mass is 10.2. The van der Waals surface area contributed by atoms with Crippen LogP contribution >= 0.6 is 0 Å². The number of rotatable bonds is 3. The first kappa shape index (κ1) is 13.3. The van der Waals surface area contributed by atoms with Gasteiger partial charge in [-0.05, 0) is 24.3 Å². The molecule has 1 heterocycles. The van der Waals surface area contributed by atoms with Gasteiger partial charge in [-0.3, -0.25) is 4.21 Å². The molecule has 1 aromatic carbocycles. The van der Waals surface area contributed by atoms with Gasteiger partial charge in [0.15, 0.2) is 0 Å². The van der Waals surface area contributed by atoms with Crippen LogP contribution < -0.4 is 0 Å². The molecule has 2 rings (SSSR count). The Kier molecular flexibility index (Phi) is 3.97. The number of hydrogen-bond acceptors (Lipinski definition) is 3. The number of nitriles is 1. The van der Waals surface area contributed by atoms with E-state index in [0.717, 1.165) is 18.2 Å². The smallest absolute Gasteiger partial charge is 0.144 e. The molecule has 0 fully saturated rings. The van der Waals surface area contributed by atoms with Crippen LogP contribution in [0.15, 0.2) is 41.4 Å². The average Bonchev–Trinajstić information content (AvgIpc) is 2.42. The van der Waals surface area contributed by atoms with Crippen molar-refractivity contribution >= 4 is 10.8 Å². The van der Waals surface area contributed by atoms with E-state index in [-0.39, 0.29) is 16.3 Å². The van der Waals surface area contributed by atoms with Gasteiger partial charge in [-0.15, -0.1) is 0 Å². The van der Waals surface area contributed by atoms with Gasteiger partial charge in [-0.2, -0.15) is 5.26 Å². The van der Waals surface area contributed by atoms with Gasteiger partial charge in [0.2, 0.25) is 0 Å². The Morgan fingerprint density at radius 2 is 2.11 bits per heavy atom. The molecule has 19 heavy (non-hydrogen) atoms. The van der Waals surface area contributed by atoms with Crippen molar-refractivity contribution in [3.63, 3.8) is 0 Å². The van der Waals surface area contributed by atoms with Gasteiger partial charge in [0, 0.05) is 11.8 Å². The van der Waals surface area contributed by atoms with Crippen LogP contribution in [0.3, 0.4) is 0 Å². The molecule has 0 radical (unpaired) electrons. The summed E-state index contributed by atoms with van der Waals surface area (Å²) in [5.41, 5.74) is 0.569. The minimum Gasteiger partial charge on any atom is -0.254 e. The Labute approximate surface area is 111 Å². The lowest BCUT2D eigenvalue weighted by Gasteiger charge is -2.05. The molecule has 0 amide bonds. The normalized spacial score (nSPS) is 11.8. The third kappa shape index (κ3) is 3.01. The zero-order valence-electron chi connectivity index (χ0n) is 9.64. The maximum Gasteiger partial charge on any atom is 0.144 e. The highest BCUT2D eigenvalue weighted by molar-refractivity contribution is 7.84. The van der Waals surface area contributed by atoms with E-state index in [0.29, 0.717) is 5.56 Å². The molecule has 1 unspecified atom stereocenters. The molecule has 3 nitrogen and oxygen atoms in total. The Morgan fingerprint density at radius 3 is 2.84 bits per heavy atom. The van der Waals surface area contributed by atoms with Gasteiger partial charge >= 0.3 is 0 Å². The predicted molar refractivity (Wildman–Crippen MR) is 65.4 cm³/mol. The first-order valence-electron chi connectivity index (χ1n) is 5.29. The largest absolute Gasteiger partial charge is 0.254 e. The quantitative estimate of drug-likeness (QED) is 0.867. The Bertz CT molecular complexity index is 683. The van der Waals surface area contributed by atoms with Crippen molar-refractivity contribution in [2.24, 2.45) is 0 Å². The Morgan fingerprint density at radius 1 is 1.32 bits per heavy atom. The molecule has 2 aromatic rings. The summed E-state index contributed by atoms with van der Waals surface area (Å²) >= 11 is 0. The van der Waals surface area contributed by atoms with Gasteiger partial charge in [0.1, 0.15) is 23.4 Å². The van der Waals surface area contributed by atoms with E-state index in [2.05, 4.69) is 4.98 Å². The van der Waals surface area contributed by atoms with Gasteiger partial charge < -0.3 is 0 Å².